The summed E-state index contributed by atoms with van der Waals surface area (Å²) in [5.41, 5.74) is 0.191. The minimum atomic E-state index is -0.632. The Balaban J connectivity index is 1.62. The number of fused-ring (bicyclic) bond motifs is 1. The summed E-state index contributed by atoms with van der Waals surface area (Å²) in [4.78, 5) is 36.7. The standard InChI is InChI=1S/C22H15FN2O6S/c1-12(26)16-9-19-20(31-11-30-19)10-17(16)24-22(27)13-2-7-21(18(8-13)25(28)29)32-15-5-3-14(23)4-6-15/h2-10H,11H2,1H3,(H,24,27). The number of amides is 1. The highest BCUT2D eigenvalue weighted by Gasteiger charge is 2.23. The fourth-order valence-electron chi connectivity index (χ4n) is 3.05. The molecule has 10 heteroatoms. The normalized spacial score (nSPS) is 11.8. The van der Waals surface area contributed by atoms with Gasteiger partial charge in [0.2, 0.25) is 6.79 Å². The molecule has 0 spiro atoms. The van der Waals surface area contributed by atoms with E-state index < -0.39 is 16.6 Å². The van der Waals surface area contributed by atoms with Gasteiger partial charge < -0.3 is 14.8 Å². The van der Waals surface area contributed by atoms with Gasteiger partial charge in [-0.05, 0) is 49.4 Å². The minimum Gasteiger partial charge on any atom is -0.454 e. The van der Waals surface area contributed by atoms with Crippen molar-refractivity contribution in [2.75, 3.05) is 12.1 Å². The van der Waals surface area contributed by atoms with Gasteiger partial charge in [-0.2, -0.15) is 0 Å². The van der Waals surface area contributed by atoms with Gasteiger partial charge >= 0.3 is 0 Å². The zero-order chi connectivity index (χ0) is 22.8. The Hall–Kier alpha value is -3.92. The molecular formula is C22H15FN2O6S. The van der Waals surface area contributed by atoms with Crippen LogP contribution in [-0.4, -0.2) is 23.4 Å². The van der Waals surface area contributed by atoms with E-state index in [0.717, 1.165) is 17.8 Å². The van der Waals surface area contributed by atoms with Gasteiger partial charge in [-0.25, -0.2) is 4.39 Å². The van der Waals surface area contributed by atoms with E-state index in [4.69, 9.17) is 9.47 Å². The third-order valence-corrected chi connectivity index (χ3v) is 5.67. The number of hydrogen-bond acceptors (Lipinski definition) is 7. The Morgan fingerprint density at radius 3 is 2.41 bits per heavy atom. The molecule has 0 aliphatic carbocycles. The van der Waals surface area contributed by atoms with Crippen molar-refractivity contribution < 1.29 is 28.4 Å². The van der Waals surface area contributed by atoms with Crippen molar-refractivity contribution in [2.45, 2.75) is 16.7 Å². The van der Waals surface area contributed by atoms with Gasteiger partial charge in [-0.3, -0.25) is 19.7 Å². The van der Waals surface area contributed by atoms with E-state index in [9.17, 15) is 24.1 Å². The van der Waals surface area contributed by atoms with Gasteiger partial charge in [0, 0.05) is 28.2 Å². The van der Waals surface area contributed by atoms with Crippen LogP contribution in [0.5, 0.6) is 11.5 Å². The number of nitrogens with zero attached hydrogens (tertiary/aromatic N) is 1. The topological polar surface area (TPSA) is 108 Å². The third kappa shape index (κ3) is 4.40. The number of nitrogens with one attached hydrogen (secondary N) is 1. The second-order valence-corrected chi connectivity index (χ2v) is 7.87. The zero-order valence-electron chi connectivity index (χ0n) is 16.6. The quantitative estimate of drug-likeness (QED) is 0.315. The molecule has 0 fully saturated rings. The van der Waals surface area contributed by atoms with Crippen LogP contribution >= 0.6 is 11.8 Å². The maximum Gasteiger partial charge on any atom is 0.284 e. The first-order chi connectivity index (χ1) is 15.3. The van der Waals surface area contributed by atoms with Gasteiger partial charge in [0.15, 0.2) is 17.3 Å². The lowest BCUT2D eigenvalue weighted by Gasteiger charge is -2.11. The number of ether oxygens (including phenoxy) is 2. The Kier molecular flexibility index (Phi) is 5.78. The minimum absolute atomic E-state index is 0.00343. The van der Waals surface area contributed by atoms with Crippen molar-refractivity contribution >= 4 is 34.8 Å². The number of anilines is 1. The summed E-state index contributed by atoms with van der Waals surface area (Å²) in [7, 11) is 0. The molecule has 4 rings (SSSR count). The zero-order valence-corrected chi connectivity index (χ0v) is 17.4. The van der Waals surface area contributed by atoms with E-state index in [1.165, 1.54) is 55.5 Å². The molecule has 3 aromatic rings. The molecule has 1 aliphatic heterocycles. The van der Waals surface area contributed by atoms with Crippen LogP contribution < -0.4 is 14.8 Å². The summed E-state index contributed by atoms with van der Waals surface area (Å²) in [6, 6.07) is 12.5. The fourth-order valence-corrected chi connectivity index (χ4v) is 3.95. The van der Waals surface area contributed by atoms with Crippen LogP contribution in [0.4, 0.5) is 15.8 Å². The van der Waals surface area contributed by atoms with Crippen LogP contribution in [0.2, 0.25) is 0 Å². The smallest absolute Gasteiger partial charge is 0.284 e. The molecule has 1 heterocycles. The van der Waals surface area contributed by atoms with Gasteiger partial charge in [-0.1, -0.05) is 11.8 Å². The molecular weight excluding hydrogens is 439 g/mol. The predicted octanol–water partition coefficient (Wildman–Crippen LogP) is 5.07. The molecule has 0 atom stereocenters. The number of Topliss-reactive ketones (excluding diaryl/α,β-unsaturated/α-hetero) is 1. The van der Waals surface area contributed by atoms with Gasteiger partial charge in [-0.15, -0.1) is 0 Å². The van der Waals surface area contributed by atoms with Crippen molar-refractivity contribution in [1.82, 2.24) is 0 Å². The molecule has 32 heavy (non-hydrogen) atoms. The van der Waals surface area contributed by atoms with E-state index in [0.29, 0.717) is 21.3 Å². The summed E-state index contributed by atoms with van der Waals surface area (Å²) >= 11 is 1.08. The fraction of sp³-hybridized carbons (Fsp3) is 0.0909. The molecule has 0 aromatic heterocycles. The molecule has 0 bridgehead atoms. The molecule has 0 saturated carbocycles. The second-order valence-electron chi connectivity index (χ2n) is 6.76. The highest BCUT2D eigenvalue weighted by molar-refractivity contribution is 7.99. The SMILES string of the molecule is CC(=O)c1cc2c(cc1NC(=O)c1ccc(Sc3ccc(F)cc3)c([N+](=O)[O-])c1)OCO2. The number of carbonyl (C=O) groups excluding carboxylic acids is 2. The van der Waals surface area contributed by atoms with Crippen LogP contribution in [0.3, 0.4) is 0 Å². The van der Waals surface area contributed by atoms with Crippen molar-refractivity contribution in [3.8, 4) is 11.5 Å². The average Bonchev–Trinajstić information content (AvgIpc) is 3.22. The maximum absolute atomic E-state index is 13.1. The molecule has 1 aliphatic rings. The lowest BCUT2D eigenvalue weighted by Crippen LogP contribution is -2.14. The van der Waals surface area contributed by atoms with E-state index in [1.807, 2.05) is 0 Å². The number of hydrogen-bond donors (Lipinski definition) is 1. The van der Waals surface area contributed by atoms with E-state index in [2.05, 4.69) is 5.32 Å². The monoisotopic (exact) mass is 454 g/mol. The Labute approximate surface area is 185 Å². The number of benzene rings is 3. The maximum atomic E-state index is 13.1. The van der Waals surface area contributed by atoms with Crippen LogP contribution in [-0.2, 0) is 0 Å². The third-order valence-electron chi connectivity index (χ3n) is 4.60. The highest BCUT2D eigenvalue weighted by atomic mass is 32.2. The first-order valence-electron chi connectivity index (χ1n) is 9.29. The lowest BCUT2D eigenvalue weighted by molar-refractivity contribution is -0.387. The molecule has 8 nitrogen and oxygen atoms in total. The van der Waals surface area contributed by atoms with Gasteiger partial charge in [0.05, 0.1) is 15.5 Å². The molecule has 1 amide bonds. The number of nitro groups is 1. The second kappa shape index (κ2) is 8.67. The predicted molar refractivity (Wildman–Crippen MR) is 114 cm³/mol. The van der Waals surface area contributed by atoms with E-state index in [1.54, 1.807) is 0 Å². The van der Waals surface area contributed by atoms with Crippen molar-refractivity contribution in [3.63, 3.8) is 0 Å². The van der Waals surface area contributed by atoms with Crippen LogP contribution in [0, 0.1) is 15.9 Å². The van der Waals surface area contributed by atoms with Crippen LogP contribution in [0.25, 0.3) is 0 Å². The van der Waals surface area contributed by atoms with Crippen LogP contribution in [0.15, 0.2) is 64.4 Å². The molecule has 1 N–H and O–H groups in total. The Morgan fingerprint density at radius 2 is 1.75 bits per heavy atom. The number of rotatable bonds is 6. The average molecular weight is 454 g/mol. The summed E-state index contributed by atoms with van der Waals surface area (Å²) < 4.78 is 23.7. The molecule has 0 radical (unpaired) electrons. The van der Waals surface area contributed by atoms with Gasteiger partial charge in [0.1, 0.15) is 5.82 Å². The van der Waals surface area contributed by atoms with E-state index >= 15 is 0 Å². The molecule has 3 aromatic carbocycles. The molecule has 162 valence electrons. The number of halogens is 1. The molecule has 0 unspecified atom stereocenters. The Bertz CT molecular complexity index is 1250. The largest absolute Gasteiger partial charge is 0.454 e. The highest BCUT2D eigenvalue weighted by Crippen LogP contribution is 2.38. The van der Waals surface area contributed by atoms with Crippen molar-refractivity contribution in [1.29, 1.82) is 0 Å². The summed E-state index contributed by atoms with van der Waals surface area (Å²) in [6.45, 7) is 1.35. The Morgan fingerprint density at radius 1 is 1.06 bits per heavy atom. The first-order valence-corrected chi connectivity index (χ1v) is 10.1. The number of nitro benzene ring substituents is 1. The number of ketones is 1. The summed E-state index contributed by atoms with van der Waals surface area (Å²) in [5.74, 6) is -0.568. The van der Waals surface area contributed by atoms with Crippen LogP contribution in [0.1, 0.15) is 27.6 Å². The van der Waals surface area contributed by atoms with Crippen molar-refractivity contribution in [3.05, 3.63) is 81.7 Å². The lowest BCUT2D eigenvalue weighted by atomic mass is 10.1. The number of carbonyl (C=O) groups is 2. The van der Waals surface area contributed by atoms with E-state index in [-0.39, 0.29) is 35.1 Å². The van der Waals surface area contributed by atoms with Crippen molar-refractivity contribution in [2.24, 2.45) is 0 Å². The van der Waals surface area contributed by atoms with Gasteiger partial charge in [0.25, 0.3) is 11.6 Å². The first kappa shape index (κ1) is 21.3. The molecule has 0 saturated heterocycles. The summed E-state index contributed by atoms with van der Waals surface area (Å²) in [5, 5.41) is 14.2. The summed E-state index contributed by atoms with van der Waals surface area (Å²) in [6.07, 6.45) is 0.